The number of alkyl halides is 3. The van der Waals surface area contributed by atoms with Crippen molar-refractivity contribution in [1.29, 1.82) is 0 Å². The van der Waals surface area contributed by atoms with E-state index in [0.717, 1.165) is 17.7 Å². The zero-order chi connectivity index (χ0) is 21.0. The van der Waals surface area contributed by atoms with E-state index in [-0.39, 0.29) is 5.91 Å². The van der Waals surface area contributed by atoms with Gasteiger partial charge in [-0.2, -0.15) is 13.2 Å². The number of hydrogen-bond donors (Lipinski definition) is 0. The van der Waals surface area contributed by atoms with Gasteiger partial charge in [0, 0.05) is 32.7 Å². The smallest absolute Gasteiger partial charge is 0.416 e. The first-order valence-corrected chi connectivity index (χ1v) is 9.21. The molecule has 0 spiro atoms. The molecule has 0 bridgehead atoms. The fourth-order valence-electron chi connectivity index (χ4n) is 3.32. The Morgan fingerprint density at radius 2 is 1.62 bits per heavy atom. The number of benzene rings is 2. The van der Waals surface area contributed by atoms with E-state index < -0.39 is 11.7 Å². The van der Waals surface area contributed by atoms with Crippen LogP contribution in [0.15, 0.2) is 42.5 Å². The maximum atomic E-state index is 12.9. The third-order valence-corrected chi connectivity index (χ3v) is 4.98. The summed E-state index contributed by atoms with van der Waals surface area (Å²) in [4.78, 5) is 16.8. The fourth-order valence-corrected chi connectivity index (χ4v) is 3.32. The summed E-state index contributed by atoms with van der Waals surface area (Å²) >= 11 is 0. The summed E-state index contributed by atoms with van der Waals surface area (Å²) < 4.78 is 48.5. The molecular formula is C21H23F3N2O3. The Hall–Kier alpha value is -2.74. The Morgan fingerprint density at radius 1 is 0.966 bits per heavy atom. The summed E-state index contributed by atoms with van der Waals surface area (Å²) in [7, 11) is 3.05. The van der Waals surface area contributed by atoms with E-state index in [0.29, 0.717) is 49.8 Å². The lowest BCUT2D eigenvalue weighted by atomic mass is 10.1. The van der Waals surface area contributed by atoms with Crippen LogP contribution in [0.4, 0.5) is 13.2 Å². The molecule has 0 radical (unpaired) electrons. The molecular weight excluding hydrogens is 385 g/mol. The fraction of sp³-hybridized carbons (Fsp3) is 0.381. The van der Waals surface area contributed by atoms with Crippen molar-refractivity contribution in [2.75, 3.05) is 40.4 Å². The van der Waals surface area contributed by atoms with Crippen molar-refractivity contribution < 1.29 is 27.4 Å². The highest BCUT2D eigenvalue weighted by atomic mass is 19.4. The maximum absolute atomic E-state index is 12.9. The van der Waals surface area contributed by atoms with Crippen molar-refractivity contribution in [1.82, 2.24) is 9.80 Å². The van der Waals surface area contributed by atoms with E-state index in [1.807, 2.05) is 0 Å². The normalized spacial score (nSPS) is 15.3. The number of carbonyl (C=O) groups is 1. The Balaban J connectivity index is 1.60. The quantitative estimate of drug-likeness (QED) is 0.757. The van der Waals surface area contributed by atoms with Crippen LogP contribution in [0, 0.1) is 0 Å². The molecule has 1 aliphatic heterocycles. The molecule has 0 atom stereocenters. The molecule has 0 N–H and O–H groups in total. The topological polar surface area (TPSA) is 42.0 Å². The standard InChI is InChI=1S/C21H23F3N2O3/c1-28-17-7-8-19(29-2)18(13-17)20(27)26-11-9-25(10-12-26)14-15-3-5-16(6-4-15)21(22,23)24/h3-8,13H,9-12,14H2,1-2H3. The lowest BCUT2D eigenvalue weighted by Gasteiger charge is -2.35. The van der Waals surface area contributed by atoms with Crippen molar-refractivity contribution >= 4 is 5.91 Å². The number of ether oxygens (including phenoxy) is 2. The van der Waals surface area contributed by atoms with Crippen LogP contribution in [0.2, 0.25) is 0 Å². The molecule has 3 rings (SSSR count). The minimum atomic E-state index is -4.33. The van der Waals surface area contributed by atoms with Crippen LogP contribution in [0.3, 0.4) is 0 Å². The van der Waals surface area contributed by atoms with Crippen LogP contribution in [0.25, 0.3) is 0 Å². The van der Waals surface area contributed by atoms with Crippen LogP contribution in [-0.2, 0) is 12.7 Å². The Morgan fingerprint density at radius 3 is 2.17 bits per heavy atom. The number of nitrogens with zero attached hydrogens (tertiary/aromatic N) is 2. The van der Waals surface area contributed by atoms with Gasteiger partial charge in [-0.3, -0.25) is 9.69 Å². The van der Waals surface area contributed by atoms with E-state index in [1.54, 1.807) is 23.1 Å². The molecule has 0 unspecified atom stereocenters. The highest BCUT2D eigenvalue weighted by Crippen LogP contribution is 2.29. The summed E-state index contributed by atoms with van der Waals surface area (Å²) in [6.07, 6.45) is -4.33. The first kappa shape index (κ1) is 21.0. The van der Waals surface area contributed by atoms with Gasteiger partial charge in [-0.1, -0.05) is 12.1 Å². The second-order valence-corrected chi connectivity index (χ2v) is 6.83. The predicted octanol–water partition coefficient (Wildman–Crippen LogP) is 3.68. The monoisotopic (exact) mass is 408 g/mol. The number of halogens is 3. The van der Waals surface area contributed by atoms with Crippen molar-refractivity contribution in [2.24, 2.45) is 0 Å². The highest BCUT2D eigenvalue weighted by Gasteiger charge is 2.30. The summed E-state index contributed by atoms with van der Waals surface area (Å²) in [6, 6.07) is 10.3. The molecule has 5 nitrogen and oxygen atoms in total. The van der Waals surface area contributed by atoms with Crippen LogP contribution < -0.4 is 9.47 Å². The molecule has 156 valence electrons. The molecule has 29 heavy (non-hydrogen) atoms. The van der Waals surface area contributed by atoms with E-state index >= 15 is 0 Å². The minimum Gasteiger partial charge on any atom is -0.497 e. The van der Waals surface area contributed by atoms with Crippen LogP contribution >= 0.6 is 0 Å². The Kier molecular flexibility index (Phi) is 6.32. The van der Waals surface area contributed by atoms with Gasteiger partial charge in [0.1, 0.15) is 11.5 Å². The van der Waals surface area contributed by atoms with Gasteiger partial charge in [-0.25, -0.2) is 0 Å². The molecule has 1 fully saturated rings. The highest BCUT2D eigenvalue weighted by molar-refractivity contribution is 5.97. The number of hydrogen-bond acceptors (Lipinski definition) is 4. The largest absolute Gasteiger partial charge is 0.497 e. The van der Waals surface area contributed by atoms with E-state index in [4.69, 9.17) is 9.47 Å². The lowest BCUT2D eigenvalue weighted by molar-refractivity contribution is -0.137. The van der Waals surface area contributed by atoms with Crippen molar-refractivity contribution in [3.8, 4) is 11.5 Å². The summed E-state index contributed by atoms with van der Waals surface area (Å²) in [5.41, 5.74) is 0.610. The first-order chi connectivity index (χ1) is 13.8. The number of amides is 1. The van der Waals surface area contributed by atoms with Crippen LogP contribution in [0.5, 0.6) is 11.5 Å². The van der Waals surface area contributed by atoms with Crippen LogP contribution in [-0.4, -0.2) is 56.1 Å². The van der Waals surface area contributed by atoms with Crippen LogP contribution in [0.1, 0.15) is 21.5 Å². The third-order valence-electron chi connectivity index (χ3n) is 4.98. The number of carbonyl (C=O) groups excluding carboxylic acids is 1. The van der Waals surface area contributed by atoms with Gasteiger partial charge in [0.2, 0.25) is 0 Å². The molecule has 8 heteroatoms. The Labute approximate surface area is 167 Å². The van der Waals surface area contributed by atoms with Crippen molar-refractivity contribution in [2.45, 2.75) is 12.7 Å². The van der Waals surface area contributed by atoms with Crippen molar-refractivity contribution in [3.63, 3.8) is 0 Å². The molecule has 0 saturated carbocycles. The van der Waals surface area contributed by atoms with Gasteiger partial charge in [-0.05, 0) is 35.9 Å². The Bertz CT molecular complexity index is 845. The first-order valence-electron chi connectivity index (χ1n) is 9.21. The molecule has 1 aliphatic rings. The average molecular weight is 408 g/mol. The second kappa shape index (κ2) is 8.73. The van der Waals surface area contributed by atoms with Gasteiger partial charge in [-0.15, -0.1) is 0 Å². The number of rotatable bonds is 5. The zero-order valence-electron chi connectivity index (χ0n) is 16.3. The molecule has 1 amide bonds. The lowest BCUT2D eigenvalue weighted by Crippen LogP contribution is -2.48. The average Bonchev–Trinajstić information content (AvgIpc) is 2.73. The summed E-state index contributed by atoms with van der Waals surface area (Å²) in [6.45, 7) is 2.88. The van der Waals surface area contributed by atoms with E-state index in [2.05, 4.69) is 4.90 Å². The van der Waals surface area contributed by atoms with Gasteiger partial charge >= 0.3 is 6.18 Å². The van der Waals surface area contributed by atoms with Crippen molar-refractivity contribution in [3.05, 3.63) is 59.2 Å². The van der Waals surface area contributed by atoms with Gasteiger partial charge in [0.15, 0.2) is 0 Å². The summed E-state index contributed by atoms with van der Waals surface area (Å²) in [5.74, 6) is 0.938. The zero-order valence-corrected chi connectivity index (χ0v) is 16.3. The minimum absolute atomic E-state index is 0.130. The van der Waals surface area contributed by atoms with Gasteiger partial charge in [0.05, 0.1) is 25.3 Å². The molecule has 0 aliphatic carbocycles. The van der Waals surface area contributed by atoms with E-state index in [1.165, 1.54) is 26.4 Å². The molecule has 1 heterocycles. The molecule has 0 aromatic heterocycles. The maximum Gasteiger partial charge on any atom is 0.416 e. The van der Waals surface area contributed by atoms with Gasteiger partial charge < -0.3 is 14.4 Å². The van der Waals surface area contributed by atoms with Gasteiger partial charge in [0.25, 0.3) is 5.91 Å². The second-order valence-electron chi connectivity index (χ2n) is 6.83. The van der Waals surface area contributed by atoms with E-state index in [9.17, 15) is 18.0 Å². The molecule has 1 saturated heterocycles. The number of methoxy groups -OCH3 is 2. The predicted molar refractivity (Wildman–Crippen MR) is 102 cm³/mol. The third kappa shape index (κ3) is 5.00. The molecule has 2 aromatic rings. The molecule has 2 aromatic carbocycles. The SMILES string of the molecule is COc1ccc(OC)c(C(=O)N2CCN(Cc3ccc(C(F)(F)F)cc3)CC2)c1. The summed E-state index contributed by atoms with van der Waals surface area (Å²) in [5, 5.41) is 0. The number of piperazine rings is 1.